The fourth-order valence-corrected chi connectivity index (χ4v) is 5.83. The van der Waals surface area contributed by atoms with Crippen molar-refractivity contribution in [3.8, 4) is 0 Å². The molecule has 0 radical (unpaired) electrons. The van der Waals surface area contributed by atoms with Crippen LogP contribution in [0.1, 0.15) is 12.0 Å². The van der Waals surface area contributed by atoms with Gasteiger partial charge in [0.25, 0.3) is 5.79 Å². The molecular weight excluding hydrogens is 339 g/mol. The highest BCUT2D eigenvalue weighted by molar-refractivity contribution is 6.84. The minimum absolute atomic E-state index is 0.622. The molecule has 1 aromatic rings. The first-order chi connectivity index (χ1) is 10.1. The van der Waals surface area contributed by atoms with Crippen molar-refractivity contribution < 1.29 is 14.6 Å². The first-order valence-electron chi connectivity index (χ1n) is 7.24. The first kappa shape index (κ1) is 17.8. The van der Waals surface area contributed by atoms with E-state index in [0.29, 0.717) is 12.2 Å². The molecule has 0 aliphatic carbocycles. The summed E-state index contributed by atoms with van der Waals surface area (Å²) in [6, 6.07) is 10.1. The number of ether oxygens (including phenoxy) is 2. The average Bonchev–Trinajstić information content (AvgIpc) is 2.64. The van der Waals surface area contributed by atoms with Gasteiger partial charge in [0.1, 0.15) is 5.76 Å². The Labute approximate surface area is 142 Å². The Bertz CT molecular complexity index is 567. The van der Waals surface area contributed by atoms with Crippen LogP contribution in [-0.2, 0) is 15.9 Å². The minimum Gasteiger partial charge on any atom is -0.458 e. The lowest BCUT2D eigenvalue weighted by Gasteiger charge is -2.35. The van der Waals surface area contributed by atoms with Gasteiger partial charge in [-0.15, -0.1) is 0 Å². The van der Waals surface area contributed by atoms with Crippen LogP contribution >= 0.6 is 23.2 Å². The number of halogens is 2. The third-order valence-corrected chi connectivity index (χ3v) is 6.58. The second kappa shape index (κ2) is 6.17. The summed E-state index contributed by atoms with van der Waals surface area (Å²) in [5, 5.41) is 11.6. The van der Waals surface area contributed by atoms with Crippen LogP contribution in [0.5, 0.6) is 0 Å². The van der Waals surface area contributed by atoms with E-state index >= 15 is 0 Å². The van der Waals surface area contributed by atoms with Gasteiger partial charge in [0, 0.05) is 18.7 Å². The molecule has 1 heterocycles. The lowest BCUT2D eigenvalue weighted by molar-refractivity contribution is -0.189. The third kappa shape index (κ3) is 3.22. The predicted octanol–water partition coefficient (Wildman–Crippen LogP) is 4.25. The number of hydrogen-bond acceptors (Lipinski definition) is 3. The zero-order valence-corrected chi connectivity index (χ0v) is 15.8. The molecule has 1 N–H and O–H groups in total. The summed E-state index contributed by atoms with van der Waals surface area (Å²) in [5.41, 5.74) is 1.19. The lowest BCUT2D eigenvalue weighted by Crippen LogP contribution is -2.52. The molecule has 0 aromatic heterocycles. The Morgan fingerprint density at radius 2 is 1.73 bits per heavy atom. The molecule has 0 spiro atoms. The maximum absolute atomic E-state index is 10.9. The van der Waals surface area contributed by atoms with Crippen LogP contribution in [0.2, 0.25) is 19.6 Å². The normalized spacial score (nSPS) is 24.5. The second-order valence-corrected chi connectivity index (χ2v) is 12.8. The number of alkyl halides is 2. The molecule has 0 saturated heterocycles. The van der Waals surface area contributed by atoms with Gasteiger partial charge in [-0.25, -0.2) is 0 Å². The van der Waals surface area contributed by atoms with Crippen molar-refractivity contribution >= 4 is 31.3 Å². The van der Waals surface area contributed by atoms with Crippen LogP contribution in [-0.4, -0.2) is 30.6 Å². The molecule has 0 bridgehead atoms. The number of benzene rings is 1. The average molecular weight is 361 g/mol. The quantitative estimate of drug-likeness (QED) is 0.484. The SMILES string of the molecule is COC1(O)C([Si](C)(C)C)=C(CCc2ccccc2)OC1(Cl)Cl. The number of methoxy groups -OCH3 is 1. The van der Waals surface area contributed by atoms with Crippen LogP contribution in [0.3, 0.4) is 0 Å². The number of aliphatic hydroxyl groups is 1. The maximum Gasteiger partial charge on any atom is 0.316 e. The van der Waals surface area contributed by atoms with E-state index in [-0.39, 0.29) is 0 Å². The molecule has 1 aliphatic heterocycles. The molecule has 0 fully saturated rings. The molecule has 1 aromatic carbocycles. The molecule has 3 nitrogen and oxygen atoms in total. The van der Waals surface area contributed by atoms with Gasteiger partial charge in [0.2, 0.25) is 0 Å². The topological polar surface area (TPSA) is 38.7 Å². The predicted molar refractivity (Wildman–Crippen MR) is 92.6 cm³/mol. The van der Waals surface area contributed by atoms with Gasteiger partial charge in [-0.2, -0.15) is 0 Å². The highest BCUT2D eigenvalue weighted by Gasteiger charge is 2.63. The zero-order chi connectivity index (χ0) is 16.6. The van der Waals surface area contributed by atoms with E-state index in [1.54, 1.807) is 0 Å². The highest BCUT2D eigenvalue weighted by Crippen LogP contribution is 2.52. The molecule has 122 valence electrons. The van der Waals surface area contributed by atoms with Crippen LogP contribution in [0, 0.1) is 0 Å². The van der Waals surface area contributed by atoms with Crippen molar-refractivity contribution in [1.82, 2.24) is 0 Å². The standard InChI is InChI=1S/C16H22Cl2O3Si/c1-20-15(19)14(22(2,3)4)13(21-16(15,17)18)11-10-12-8-6-5-7-9-12/h5-9,19H,10-11H2,1-4H3. The summed E-state index contributed by atoms with van der Waals surface area (Å²) in [6.45, 7) is 6.31. The Morgan fingerprint density at radius 1 is 1.14 bits per heavy atom. The molecule has 1 aliphatic rings. The molecule has 6 heteroatoms. The van der Waals surface area contributed by atoms with Crippen molar-refractivity contribution in [2.45, 2.75) is 42.8 Å². The Morgan fingerprint density at radius 3 is 2.23 bits per heavy atom. The first-order valence-corrected chi connectivity index (χ1v) is 11.5. The molecule has 0 saturated carbocycles. The molecular formula is C16H22Cl2O3Si. The van der Waals surface area contributed by atoms with E-state index in [1.165, 1.54) is 12.7 Å². The summed E-state index contributed by atoms with van der Waals surface area (Å²) < 4.78 is 9.15. The molecule has 1 unspecified atom stereocenters. The summed E-state index contributed by atoms with van der Waals surface area (Å²) in [6.07, 6.45) is 1.41. The van der Waals surface area contributed by atoms with Crippen molar-refractivity contribution in [2.24, 2.45) is 0 Å². The van der Waals surface area contributed by atoms with Crippen LogP contribution in [0.25, 0.3) is 0 Å². The Kier molecular flexibility index (Phi) is 5.00. The summed E-state index contributed by atoms with van der Waals surface area (Å²) in [7, 11) is -0.568. The lowest BCUT2D eigenvalue weighted by atomic mass is 10.1. The smallest absolute Gasteiger partial charge is 0.316 e. The Balaban J connectivity index is 2.35. The van der Waals surface area contributed by atoms with Crippen LogP contribution in [0.4, 0.5) is 0 Å². The monoisotopic (exact) mass is 360 g/mol. The highest BCUT2D eigenvalue weighted by atomic mass is 35.5. The fraction of sp³-hybridized carbons (Fsp3) is 0.500. The fourth-order valence-electron chi connectivity index (χ4n) is 2.84. The van der Waals surface area contributed by atoms with E-state index in [4.69, 9.17) is 32.7 Å². The van der Waals surface area contributed by atoms with Gasteiger partial charge in [-0.05, 0) is 12.0 Å². The van der Waals surface area contributed by atoms with Gasteiger partial charge in [0.15, 0.2) is 0 Å². The van der Waals surface area contributed by atoms with Crippen molar-refractivity contribution in [2.75, 3.05) is 7.11 Å². The largest absolute Gasteiger partial charge is 0.458 e. The van der Waals surface area contributed by atoms with Gasteiger partial charge in [0.05, 0.1) is 8.07 Å². The maximum atomic E-state index is 10.9. The molecule has 1 atom stereocenters. The van der Waals surface area contributed by atoms with Crippen molar-refractivity contribution in [3.63, 3.8) is 0 Å². The van der Waals surface area contributed by atoms with E-state index in [9.17, 15) is 5.11 Å². The summed E-state index contributed by atoms with van der Waals surface area (Å²) >= 11 is 12.4. The Hall–Kier alpha value is -0.523. The minimum atomic E-state index is -1.96. The number of rotatable bonds is 5. The van der Waals surface area contributed by atoms with E-state index in [0.717, 1.165) is 11.6 Å². The molecule has 0 amide bonds. The number of aryl methyl sites for hydroxylation is 1. The van der Waals surface area contributed by atoms with Gasteiger partial charge in [-0.1, -0.05) is 73.2 Å². The van der Waals surface area contributed by atoms with Crippen molar-refractivity contribution in [1.29, 1.82) is 0 Å². The number of allylic oxidation sites excluding steroid dienone is 1. The van der Waals surface area contributed by atoms with Crippen molar-refractivity contribution in [3.05, 3.63) is 46.9 Å². The zero-order valence-electron chi connectivity index (χ0n) is 13.3. The van der Waals surface area contributed by atoms with E-state index < -0.39 is 18.4 Å². The van der Waals surface area contributed by atoms with E-state index in [1.807, 2.05) is 18.2 Å². The second-order valence-electron chi connectivity index (χ2n) is 6.50. The molecule has 2 rings (SSSR count). The van der Waals surface area contributed by atoms with Gasteiger partial charge in [-0.3, -0.25) is 0 Å². The molecule has 22 heavy (non-hydrogen) atoms. The summed E-state index contributed by atoms with van der Waals surface area (Å²) in [4.78, 5) is 0. The van der Waals surface area contributed by atoms with Gasteiger partial charge < -0.3 is 14.6 Å². The summed E-state index contributed by atoms with van der Waals surface area (Å²) in [5.74, 6) is -1.15. The van der Waals surface area contributed by atoms with E-state index in [2.05, 4.69) is 31.8 Å². The van der Waals surface area contributed by atoms with Crippen LogP contribution < -0.4 is 0 Å². The number of hydrogen-bond donors (Lipinski definition) is 1. The third-order valence-electron chi connectivity index (χ3n) is 3.79. The van der Waals surface area contributed by atoms with Gasteiger partial charge >= 0.3 is 4.52 Å². The van der Waals surface area contributed by atoms with Crippen LogP contribution in [0.15, 0.2) is 41.3 Å².